The second-order valence-corrected chi connectivity index (χ2v) is 7.61. The fraction of sp³-hybridized carbons (Fsp3) is 0.500. The Kier molecular flexibility index (Phi) is 1.60. The third-order valence-electron chi connectivity index (χ3n) is 0.953. The SMILES string of the molecule is N[P+]1(N)C=N[P+](N)(N)C1. The van der Waals surface area contributed by atoms with E-state index in [1.54, 1.807) is 5.96 Å². The molecule has 1 heterocycles. The highest BCUT2D eigenvalue weighted by Crippen LogP contribution is 2.63. The van der Waals surface area contributed by atoms with Gasteiger partial charge in [0.1, 0.15) is 0 Å². The molecular formula is C2H11N5P2+2. The minimum absolute atomic E-state index is 0.514. The van der Waals surface area contributed by atoms with Gasteiger partial charge in [-0.3, -0.25) is 0 Å². The summed E-state index contributed by atoms with van der Waals surface area (Å²) < 4.78 is 3.86. The van der Waals surface area contributed by atoms with Crippen LogP contribution in [0.2, 0.25) is 0 Å². The number of nitrogens with two attached hydrogens (primary N) is 4. The fourth-order valence-corrected chi connectivity index (χ4v) is 5.92. The van der Waals surface area contributed by atoms with Gasteiger partial charge in [0.25, 0.3) is 5.90 Å². The Morgan fingerprint density at radius 1 is 1.22 bits per heavy atom. The summed E-state index contributed by atoms with van der Waals surface area (Å²) in [6, 6.07) is 0. The van der Waals surface area contributed by atoms with E-state index in [0.717, 1.165) is 0 Å². The van der Waals surface area contributed by atoms with Gasteiger partial charge in [0, 0.05) is 0 Å². The summed E-state index contributed by atoms with van der Waals surface area (Å²) >= 11 is 0. The normalized spacial score (nSPS) is 28.9. The first-order valence-corrected chi connectivity index (χ1v) is 6.63. The molecule has 5 nitrogen and oxygen atoms in total. The van der Waals surface area contributed by atoms with Gasteiger partial charge in [-0.1, -0.05) is 4.76 Å². The van der Waals surface area contributed by atoms with E-state index in [0.29, 0.717) is 5.90 Å². The van der Waals surface area contributed by atoms with E-state index in [1.807, 2.05) is 0 Å². The van der Waals surface area contributed by atoms with Crippen molar-refractivity contribution >= 4 is 21.2 Å². The highest BCUT2D eigenvalue weighted by molar-refractivity contribution is 7.98. The van der Waals surface area contributed by atoms with E-state index in [9.17, 15) is 0 Å². The third kappa shape index (κ3) is 1.90. The predicted octanol–water partition coefficient (Wildman–Crippen LogP) is -0.569. The van der Waals surface area contributed by atoms with Crippen molar-refractivity contribution in [3.05, 3.63) is 0 Å². The van der Waals surface area contributed by atoms with Crippen LogP contribution in [0.15, 0.2) is 4.76 Å². The van der Waals surface area contributed by atoms with E-state index in [-0.39, 0.29) is 0 Å². The summed E-state index contributed by atoms with van der Waals surface area (Å²) in [6.45, 7) is 0. The summed E-state index contributed by atoms with van der Waals surface area (Å²) in [7, 11) is -3.95. The van der Waals surface area contributed by atoms with E-state index in [2.05, 4.69) is 4.76 Å². The van der Waals surface area contributed by atoms with Crippen LogP contribution in [0.4, 0.5) is 0 Å². The second kappa shape index (κ2) is 1.92. The Hall–Kier alpha value is 0.370. The molecule has 0 saturated carbocycles. The minimum atomic E-state index is -2.05. The average molecular weight is 167 g/mol. The van der Waals surface area contributed by atoms with Crippen molar-refractivity contribution in [1.82, 2.24) is 0 Å². The number of rotatable bonds is 0. The molecule has 0 radical (unpaired) electrons. The summed E-state index contributed by atoms with van der Waals surface area (Å²) in [4.78, 5) is 0. The number of hydrogen-bond donors (Lipinski definition) is 4. The molecule has 0 unspecified atom stereocenters. The van der Waals surface area contributed by atoms with E-state index >= 15 is 0 Å². The molecule has 52 valence electrons. The molecule has 1 aliphatic rings. The van der Waals surface area contributed by atoms with Crippen LogP contribution in [0.1, 0.15) is 0 Å². The first-order chi connectivity index (χ1) is 3.91. The zero-order valence-corrected chi connectivity index (χ0v) is 6.72. The van der Waals surface area contributed by atoms with Crippen molar-refractivity contribution in [1.29, 1.82) is 0 Å². The highest BCUT2D eigenvalue weighted by atomic mass is 31.3. The Morgan fingerprint density at radius 3 is 1.89 bits per heavy atom. The lowest BCUT2D eigenvalue weighted by atomic mass is 11.7. The maximum absolute atomic E-state index is 5.56. The Morgan fingerprint density at radius 2 is 1.78 bits per heavy atom. The third-order valence-corrected chi connectivity index (χ3v) is 6.00. The smallest absolute Gasteiger partial charge is 0.180 e. The maximum Gasteiger partial charge on any atom is 0.310 e. The molecule has 0 aromatic carbocycles. The van der Waals surface area contributed by atoms with Gasteiger partial charge in [-0.15, -0.1) is 0 Å². The lowest BCUT2D eigenvalue weighted by Crippen LogP contribution is -2.20. The molecular weight excluding hydrogens is 156 g/mol. The van der Waals surface area contributed by atoms with Gasteiger partial charge in [0.15, 0.2) is 0 Å². The summed E-state index contributed by atoms with van der Waals surface area (Å²) in [5.41, 5.74) is 22.1. The van der Waals surface area contributed by atoms with E-state index in [4.69, 9.17) is 22.0 Å². The largest absolute Gasteiger partial charge is 0.310 e. The zero-order valence-electron chi connectivity index (χ0n) is 4.94. The molecule has 9 heavy (non-hydrogen) atoms. The molecule has 7 heteroatoms. The number of nitrogens with zero attached hydrogens (tertiary/aromatic N) is 1. The summed E-state index contributed by atoms with van der Waals surface area (Å²) in [5, 5.41) is 0. The Balaban J connectivity index is 2.71. The highest BCUT2D eigenvalue weighted by Gasteiger charge is 2.50. The first-order valence-electron chi connectivity index (χ1n) is 2.38. The lowest BCUT2D eigenvalue weighted by Gasteiger charge is -2.03. The van der Waals surface area contributed by atoms with Crippen molar-refractivity contribution < 1.29 is 0 Å². The van der Waals surface area contributed by atoms with Gasteiger partial charge in [0.05, 0.1) is 0 Å². The van der Waals surface area contributed by atoms with Crippen LogP contribution in [-0.2, 0) is 0 Å². The first kappa shape index (κ1) is 7.48. The van der Waals surface area contributed by atoms with Gasteiger partial charge in [-0.05, 0) is 0 Å². The van der Waals surface area contributed by atoms with Gasteiger partial charge in [-0.25, -0.2) is 0 Å². The van der Waals surface area contributed by atoms with Gasteiger partial charge >= 0.3 is 7.71 Å². The lowest BCUT2D eigenvalue weighted by molar-refractivity contribution is 1.57. The average Bonchev–Trinajstić information content (AvgIpc) is 1.78. The molecule has 1 aliphatic heterocycles. The minimum Gasteiger partial charge on any atom is -0.180 e. The van der Waals surface area contributed by atoms with Gasteiger partial charge < -0.3 is 0 Å². The van der Waals surface area contributed by atoms with Crippen LogP contribution in [0.5, 0.6) is 0 Å². The van der Waals surface area contributed by atoms with Crippen molar-refractivity contribution in [2.45, 2.75) is 0 Å². The predicted molar refractivity (Wildman–Crippen MR) is 43.9 cm³/mol. The van der Waals surface area contributed by atoms with Crippen LogP contribution >= 0.6 is 15.3 Å². The van der Waals surface area contributed by atoms with Crippen LogP contribution in [0.3, 0.4) is 0 Å². The van der Waals surface area contributed by atoms with Crippen molar-refractivity contribution in [3.63, 3.8) is 0 Å². The molecule has 0 aliphatic carbocycles. The summed E-state index contributed by atoms with van der Waals surface area (Å²) in [5.74, 6) is 2.06. The summed E-state index contributed by atoms with van der Waals surface area (Å²) in [6.07, 6.45) is 0. The Bertz CT molecular complexity index is 135. The molecule has 0 saturated heterocycles. The van der Waals surface area contributed by atoms with Crippen LogP contribution in [0.25, 0.3) is 0 Å². The topological polar surface area (TPSA) is 116 Å². The van der Waals surface area contributed by atoms with E-state index in [1.165, 1.54) is 0 Å². The van der Waals surface area contributed by atoms with Crippen molar-refractivity contribution in [2.24, 2.45) is 26.8 Å². The second-order valence-electron chi connectivity index (χ2n) is 2.25. The van der Waals surface area contributed by atoms with E-state index < -0.39 is 15.3 Å². The monoisotopic (exact) mass is 167 g/mol. The van der Waals surface area contributed by atoms with Crippen LogP contribution in [0, 0.1) is 0 Å². The molecule has 0 amide bonds. The molecule has 1 rings (SSSR count). The Labute approximate surface area is 54.8 Å². The molecule has 8 N–H and O–H groups in total. The molecule has 0 aromatic rings. The molecule has 0 atom stereocenters. The van der Waals surface area contributed by atoms with Crippen LogP contribution in [-0.4, -0.2) is 11.9 Å². The quantitative estimate of drug-likeness (QED) is 0.361. The molecule has 0 fully saturated rings. The number of hydrogen-bond acceptors (Lipinski definition) is 5. The maximum atomic E-state index is 5.56. The molecule has 0 bridgehead atoms. The van der Waals surface area contributed by atoms with Crippen molar-refractivity contribution in [2.75, 3.05) is 5.90 Å². The zero-order chi connectivity index (χ0) is 7.12. The van der Waals surface area contributed by atoms with Gasteiger partial charge in [-0.2, -0.15) is 22.0 Å². The standard InChI is InChI=1S/C2H11N5P2/c3-8(4)1-7-9(5,6)2-8/h1H,2-6H2/q+2. The molecule has 0 aromatic heterocycles. The molecule has 0 spiro atoms. The fourth-order valence-electron chi connectivity index (χ4n) is 0.658. The van der Waals surface area contributed by atoms with Crippen molar-refractivity contribution in [3.8, 4) is 0 Å². The van der Waals surface area contributed by atoms with Gasteiger partial charge in [0.2, 0.25) is 13.5 Å². The van der Waals surface area contributed by atoms with Crippen LogP contribution < -0.4 is 22.0 Å².